The van der Waals surface area contributed by atoms with Gasteiger partial charge >= 0.3 is 0 Å². The average molecular weight is 242 g/mol. The molecule has 0 amide bonds. The lowest BCUT2D eigenvalue weighted by Gasteiger charge is -2.04. The summed E-state index contributed by atoms with van der Waals surface area (Å²) < 4.78 is 25.8. The zero-order valence-electron chi connectivity index (χ0n) is 7.92. The van der Waals surface area contributed by atoms with E-state index in [1.807, 2.05) is 0 Å². The number of aromatic nitrogens is 2. The normalized spacial score (nSPS) is 10.4. The number of anilines is 1. The summed E-state index contributed by atoms with van der Waals surface area (Å²) in [6.07, 6.45) is 0. The lowest BCUT2D eigenvalue weighted by molar-refractivity contribution is 0.509. The van der Waals surface area contributed by atoms with E-state index in [4.69, 9.17) is 17.3 Å². The van der Waals surface area contributed by atoms with Crippen molar-refractivity contribution in [3.05, 3.63) is 40.9 Å². The van der Waals surface area contributed by atoms with Crippen molar-refractivity contribution < 1.29 is 8.78 Å². The maximum atomic E-state index is 13.0. The van der Waals surface area contributed by atoms with Gasteiger partial charge in [-0.3, -0.25) is 0 Å². The van der Waals surface area contributed by atoms with Crippen LogP contribution in [-0.2, 0) is 0 Å². The van der Waals surface area contributed by atoms with Crippen molar-refractivity contribution >= 4 is 17.4 Å². The molecule has 16 heavy (non-hydrogen) atoms. The van der Waals surface area contributed by atoms with Crippen molar-refractivity contribution in [2.24, 2.45) is 0 Å². The number of benzene rings is 1. The molecule has 0 radical (unpaired) electrons. The van der Waals surface area contributed by atoms with E-state index in [0.29, 0.717) is 5.69 Å². The fourth-order valence-corrected chi connectivity index (χ4v) is 1.45. The van der Waals surface area contributed by atoms with E-state index in [9.17, 15) is 8.78 Å². The van der Waals surface area contributed by atoms with Crippen molar-refractivity contribution in [1.29, 1.82) is 0 Å². The molecule has 3 nitrogen and oxygen atoms in total. The van der Waals surface area contributed by atoms with Gasteiger partial charge in [-0.1, -0.05) is 11.6 Å². The van der Waals surface area contributed by atoms with Crippen LogP contribution in [0.15, 0.2) is 24.3 Å². The SMILES string of the molecule is Nc1ccc(-c2cc(F)c(F)cc2Cl)nn1. The second-order valence-corrected chi connectivity index (χ2v) is 3.50. The molecule has 0 spiro atoms. The Balaban J connectivity index is 2.56. The lowest BCUT2D eigenvalue weighted by atomic mass is 10.1. The van der Waals surface area contributed by atoms with E-state index < -0.39 is 11.6 Å². The Bertz CT molecular complexity index is 528. The highest BCUT2D eigenvalue weighted by atomic mass is 35.5. The molecule has 1 aromatic carbocycles. The summed E-state index contributed by atoms with van der Waals surface area (Å²) in [5, 5.41) is 7.40. The average Bonchev–Trinajstić information content (AvgIpc) is 2.25. The number of nitrogens with two attached hydrogens (primary N) is 1. The number of hydrogen-bond acceptors (Lipinski definition) is 3. The Kier molecular flexibility index (Phi) is 2.70. The molecule has 0 bridgehead atoms. The van der Waals surface area contributed by atoms with Crippen molar-refractivity contribution in [2.75, 3.05) is 5.73 Å². The van der Waals surface area contributed by atoms with Crippen molar-refractivity contribution in [2.45, 2.75) is 0 Å². The monoisotopic (exact) mass is 241 g/mol. The van der Waals surface area contributed by atoms with Gasteiger partial charge in [0.05, 0.1) is 10.7 Å². The lowest BCUT2D eigenvalue weighted by Crippen LogP contribution is -1.95. The molecule has 0 unspecified atom stereocenters. The topological polar surface area (TPSA) is 51.8 Å². The Morgan fingerprint density at radius 3 is 2.38 bits per heavy atom. The number of halogens is 3. The van der Waals surface area contributed by atoms with Gasteiger partial charge in [0.1, 0.15) is 5.82 Å². The van der Waals surface area contributed by atoms with Crippen LogP contribution in [-0.4, -0.2) is 10.2 Å². The minimum atomic E-state index is -1.00. The highest BCUT2D eigenvalue weighted by Crippen LogP contribution is 2.28. The van der Waals surface area contributed by atoms with E-state index in [1.54, 1.807) is 0 Å². The predicted molar refractivity (Wildman–Crippen MR) is 56.8 cm³/mol. The molecule has 1 aromatic heterocycles. The molecule has 0 saturated heterocycles. The van der Waals surface area contributed by atoms with Crippen LogP contribution in [0.3, 0.4) is 0 Å². The van der Waals surface area contributed by atoms with Crippen LogP contribution in [0, 0.1) is 11.6 Å². The first-order valence-corrected chi connectivity index (χ1v) is 4.70. The fraction of sp³-hybridized carbons (Fsp3) is 0. The first-order valence-electron chi connectivity index (χ1n) is 4.32. The van der Waals surface area contributed by atoms with Gasteiger partial charge < -0.3 is 5.73 Å². The van der Waals surface area contributed by atoms with Gasteiger partial charge in [0, 0.05) is 5.56 Å². The molecule has 2 aromatic rings. The van der Waals surface area contributed by atoms with Gasteiger partial charge in [0.25, 0.3) is 0 Å². The van der Waals surface area contributed by atoms with Crippen molar-refractivity contribution in [3.8, 4) is 11.3 Å². The van der Waals surface area contributed by atoms with Gasteiger partial charge in [-0.15, -0.1) is 10.2 Å². The Hall–Kier alpha value is -1.75. The fourth-order valence-electron chi connectivity index (χ4n) is 1.21. The molecule has 0 aliphatic heterocycles. The molecular weight excluding hydrogens is 236 g/mol. The van der Waals surface area contributed by atoms with Gasteiger partial charge in [-0.05, 0) is 24.3 Å². The standard InChI is InChI=1S/C10H6ClF2N3/c11-6-4-8(13)7(12)3-5(6)9-1-2-10(14)16-15-9/h1-4H,(H2,14,16). The van der Waals surface area contributed by atoms with E-state index in [-0.39, 0.29) is 16.4 Å². The first-order chi connectivity index (χ1) is 7.58. The Morgan fingerprint density at radius 1 is 1.06 bits per heavy atom. The van der Waals surface area contributed by atoms with Gasteiger partial charge in [0.2, 0.25) is 0 Å². The molecule has 1 heterocycles. The second kappa shape index (κ2) is 4.02. The highest BCUT2D eigenvalue weighted by molar-refractivity contribution is 6.33. The largest absolute Gasteiger partial charge is 0.382 e. The summed E-state index contributed by atoms with van der Waals surface area (Å²) in [6.45, 7) is 0. The van der Waals surface area contributed by atoms with E-state index >= 15 is 0 Å². The molecule has 82 valence electrons. The minimum absolute atomic E-state index is 0.0676. The maximum Gasteiger partial charge on any atom is 0.160 e. The molecule has 6 heteroatoms. The summed E-state index contributed by atoms with van der Waals surface area (Å²) >= 11 is 5.77. The predicted octanol–water partition coefficient (Wildman–Crippen LogP) is 2.66. The molecule has 2 N–H and O–H groups in total. The van der Waals surface area contributed by atoms with Gasteiger partial charge in [-0.2, -0.15) is 0 Å². The van der Waals surface area contributed by atoms with E-state index in [0.717, 1.165) is 12.1 Å². The molecular formula is C10H6ClF2N3. The van der Waals surface area contributed by atoms with Crippen LogP contribution < -0.4 is 5.73 Å². The second-order valence-electron chi connectivity index (χ2n) is 3.09. The van der Waals surface area contributed by atoms with Crippen LogP contribution in [0.5, 0.6) is 0 Å². The van der Waals surface area contributed by atoms with Crippen LogP contribution in [0.1, 0.15) is 0 Å². The zero-order chi connectivity index (χ0) is 11.7. The quantitative estimate of drug-likeness (QED) is 0.781. The molecule has 0 aliphatic rings. The Morgan fingerprint density at radius 2 is 1.75 bits per heavy atom. The summed E-state index contributed by atoms with van der Waals surface area (Å²) in [7, 11) is 0. The minimum Gasteiger partial charge on any atom is -0.382 e. The number of rotatable bonds is 1. The van der Waals surface area contributed by atoms with E-state index in [1.165, 1.54) is 12.1 Å². The third-order valence-electron chi connectivity index (χ3n) is 1.97. The molecule has 0 saturated carbocycles. The summed E-state index contributed by atoms with van der Waals surface area (Å²) in [5.74, 6) is -1.75. The molecule has 0 aliphatic carbocycles. The van der Waals surface area contributed by atoms with Crippen molar-refractivity contribution in [3.63, 3.8) is 0 Å². The molecule has 0 atom stereocenters. The number of nitrogen functional groups attached to an aromatic ring is 1. The number of nitrogens with zero attached hydrogens (tertiary/aromatic N) is 2. The smallest absolute Gasteiger partial charge is 0.160 e. The highest BCUT2D eigenvalue weighted by Gasteiger charge is 2.11. The molecule has 0 fully saturated rings. The van der Waals surface area contributed by atoms with Crippen molar-refractivity contribution in [1.82, 2.24) is 10.2 Å². The van der Waals surface area contributed by atoms with Gasteiger partial charge in [0.15, 0.2) is 11.6 Å². The number of hydrogen-bond donors (Lipinski definition) is 1. The summed E-state index contributed by atoms with van der Waals surface area (Å²) in [6, 6.07) is 4.89. The van der Waals surface area contributed by atoms with Crippen LogP contribution in [0.2, 0.25) is 5.02 Å². The third-order valence-corrected chi connectivity index (χ3v) is 2.28. The van der Waals surface area contributed by atoms with Crippen LogP contribution in [0.4, 0.5) is 14.6 Å². The van der Waals surface area contributed by atoms with Gasteiger partial charge in [-0.25, -0.2) is 8.78 Å². The van der Waals surface area contributed by atoms with Crippen LogP contribution >= 0.6 is 11.6 Å². The molecule has 2 rings (SSSR count). The summed E-state index contributed by atoms with van der Waals surface area (Å²) in [5.41, 5.74) is 5.96. The third kappa shape index (κ3) is 1.94. The summed E-state index contributed by atoms with van der Waals surface area (Å²) in [4.78, 5) is 0. The van der Waals surface area contributed by atoms with Crippen LogP contribution in [0.25, 0.3) is 11.3 Å². The van der Waals surface area contributed by atoms with E-state index in [2.05, 4.69) is 10.2 Å². The zero-order valence-corrected chi connectivity index (χ0v) is 8.67. The Labute approximate surface area is 94.9 Å². The maximum absolute atomic E-state index is 13.0. The first kappa shape index (κ1) is 10.8.